The van der Waals surface area contributed by atoms with E-state index < -0.39 is 11.0 Å². The molecule has 0 aromatic heterocycles. The molecular formula is C5H13NO2S. The third kappa shape index (κ3) is 3.61. The van der Waals surface area contributed by atoms with E-state index >= 15 is 0 Å². The summed E-state index contributed by atoms with van der Waals surface area (Å²) >= 11 is 0. The van der Waals surface area contributed by atoms with Crippen molar-refractivity contribution in [2.45, 2.75) is 13.8 Å². The highest BCUT2D eigenvalue weighted by Crippen LogP contribution is 1.91. The normalized spacial score (nSPS) is 14.2. The van der Waals surface area contributed by atoms with Gasteiger partial charge < -0.3 is 0 Å². The fourth-order valence-corrected chi connectivity index (χ4v) is 1.11. The Morgan fingerprint density at radius 3 is 2.22 bits per heavy atom. The van der Waals surface area contributed by atoms with Crippen LogP contribution in [0.15, 0.2) is 0 Å². The van der Waals surface area contributed by atoms with Crippen molar-refractivity contribution in [3.63, 3.8) is 0 Å². The third-order valence-corrected chi connectivity index (χ3v) is 1.76. The van der Waals surface area contributed by atoms with Crippen LogP contribution in [-0.4, -0.2) is 28.1 Å². The molecule has 0 bridgehead atoms. The van der Waals surface area contributed by atoms with Crippen LogP contribution in [0, 0.1) is 0 Å². The Balaban J connectivity index is 3.54. The number of nitrogens with zero attached hydrogens (tertiary/aromatic N) is 1. The molecular weight excluding hydrogens is 138 g/mol. The fourth-order valence-electron chi connectivity index (χ4n) is 0.491. The summed E-state index contributed by atoms with van der Waals surface area (Å²) in [6.45, 7) is 5.01. The quantitative estimate of drug-likeness (QED) is 0.549. The Hall–Kier alpha value is 0.0700. The maximum atomic E-state index is 10.7. The maximum Gasteiger partial charge on any atom is 0.115 e. The van der Waals surface area contributed by atoms with E-state index in [1.807, 2.05) is 13.8 Å². The van der Waals surface area contributed by atoms with Gasteiger partial charge in [0.05, 0.1) is 6.61 Å². The number of hydroxylamine groups is 1. The molecule has 0 radical (unpaired) electrons. The van der Waals surface area contributed by atoms with Crippen molar-refractivity contribution in [1.29, 1.82) is 0 Å². The zero-order valence-electron chi connectivity index (χ0n) is 6.09. The summed E-state index contributed by atoms with van der Waals surface area (Å²) in [6.07, 6.45) is 1.60. The largest absolute Gasteiger partial charge is 0.287 e. The van der Waals surface area contributed by atoms with Gasteiger partial charge in [-0.1, -0.05) is 0 Å². The highest BCUT2D eigenvalue weighted by Gasteiger charge is 2.02. The first kappa shape index (κ1) is 9.07. The van der Waals surface area contributed by atoms with E-state index in [9.17, 15) is 4.21 Å². The summed E-state index contributed by atoms with van der Waals surface area (Å²) < 4.78 is 12.1. The molecule has 0 N–H and O–H groups in total. The highest BCUT2D eigenvalue weighted by molar-refractivity contribution is 7.81. The Morgan fingerprint density at radius 1 is 1.56 bits per heavy atom. The second-order valence-corrected chi connectivity index (χ2v) is 2.75. The van der Waals surface area contributed by atoms with Crippen molar-refractivity contribution in [2.24, 2.45) is 0 Å². The number of hydrogen-bond donors (Lipinski definition) is 0. The van der Waals surface area contributed by atoms with Crippen LogP contribution in [-0.2, 0) is 15.8 Å². The molecule has 0 amide bonds. The number of rotatable bonds is 4. The van der Waals surface area contributed by atoms with E-state index in [-0.39, 0.29) is 0 Å². The first-order valence-electron chi connectivity index (χ1n) is 2.96. The molecule has 56 valence electrons. The molecule has 0 aromatic rings. The van der Waals surface area contributed by atoms with Gasteiger partial charge in [-0.25, -0.2) is 4.21 Å². The Bertz CT molecular complexity index is 97.0. The van der Waals surface area contributed by atoms with Crippen molar-refractivity contribution in [3.8, 4) is 0 Å². The van der Waals surface area contributed by atoms with Crippen LogP contribution in [0.1, 0.15) is 13.8 Å². The van der Waals surface area contributed by atoms with Crippen LogP contribution < -0.4 is 0 Å². The van der Waals surface area contributed by atoms with E-state index in [2.05, 4.69) is 0 Å². The van der Waals surface area contributed by atoms with Gasteiger partial charge in [-0.05, 0) is 13.8 Å². The topological polar surface area (TPSA) is 29.5 Å². The fraction of sp³-hybridized carbons (Fsp3) is 1.00. The molecule has 0 spiro atoms. The number of hydrogen-bond acceptors (Lipinski definition) is 2. The molecule has 0 saturated carbocycles. The average Bonchev–Trinajstić information content (AvgIpc) is 1.82. The first-order valence-corrected chi connectivity index (χ1v) is 4.47. The van der Waals surface area contributed by atoms with Crippen LogP contribution >= 0.6 is 0 Å². The molecule has 4 heteroatoms. The van der Waals surface area contributed by atoms with Crippen LogP contribution in [0.2, 0.25) is 0 Å². The second-order valence-electron chi connectivity index (χ2n) is 1.49. The molecule has 3 nitrogen and oxygen atoms in total. The van der Waals surface area contributed by atoms with Crippen molar-refractivity contribution < 1.29 is 9.05 Å². The van der Waals surface area contributed by atoms with E-state index in [0.717, 1.165) is 0 Å². The molecule has 0 aliphatic rings. The summed E-state index contributed by atoms with van der Waals surface area (Å²) in [7, 11) is -0.992. The zero-order valence-corrected chi connectivity index (χ0v) is 6.90. The maximum absolute atomic E-state index is 10.7. The third-order valence-electron chi connectivity index (χ3n) is 0.818. The molecule has 0 heterocycles. The lowest BCUT2D eigenvalue weighted by Gasteiger charge is -2.14. The van der Waals surface area contributed by atoms with Crippen LogP contribution in [0.4, 0.5) is 0 Å². The molecule has 0 rings (SSSR count). The van der Waals surface area contributed by atoms with Gasteiger partial charge >= 0.3 is 0 Å². The molecule has 9 heavy (non-hydrogen) atoms. The Morgan fingerprint density at radius 2 is 2.11 bits per heavy atom. The first-order chi connectivity index (χ1) is 4.22. The monoisotopic (exact) mass is 151 g/mol. The van der Waals surface area contributed by atoms with Gasteiger partial charge in [0.1, 0.15) is 11.0 Å². The van der Waals surface area contributed by atoms with Crippen molar-refractivity contribution in [3.05, 3.63) is 0 Å². The molecule has 1 unspecified atom stereocenters. The lowest BCUT2D eigenvalue weighted by atomic mass is 10.8. The van der Waals surface area contributed by atoms with Crippen LogP contribution in [0.5, 0.6) is 0 Å². The zero-order chi connectivity index (χ0) is 7.28. The highest BCUT2D eigenvalue weighted by atomic mass is 32.2. The molecule has 0 fully saturated rings. The van der Waals surface area contributed by atoms with E-state index in [0.29, 0.717) is 13.2 Å². The van der Waals surface area contributed by atoms with Gasteiger partial charge in [-0.3, -0.25) is 4.84 Å². The van der Waals surface area contributed by atoms with Crippen LogP contribution in [0.25, 0.3) is 0 Å². The summed E-state index contributed by atoms with van der Waals surface area (Å²) in [5.74, 6) is 0. The minimum atomic E-state index is -0.992. The van der Waals surface area contributed by atoms with E-state index in [1.54, 1.807) is 6.26 Å². The molecule has 0 aliphatic carbocycles. The minimum absolute atomic E-state index is 0.577. The van der Waals surface area contributed by atoms with Gasteiger partial charge in [-0.15, -0.1) is 4.47 Å². The lowest BCUT2D eigenvalue weighted by Crippen LogP contribution is -2.24. The lowest BCUT2D eigenvalue weighted by molar-refractivity contribution is -0.0692. The van der Waals surface area contributed by atoms with Gasteiger partial charge in [0, 0.05) is 12.8 Å². The second kappa shape index (κ2) is 4.90. The smallest absolute Gasteiger partial charge is 0.115 e. The van der Waals surface area contributed by atoms with E-state index in [4.69, 9.17) is 4.84 Å². The standard InChI is InChI=1S/C5H13NO2S/c1-4-6(8-5-2)9(3)7/h4-5H2,1-3H3. The van der Waals surface area contributed by atoms with Gasteiger partial charge in [0.25, 0.3) is 0 Å². The summed E-state index contributed by atoms with van der Waals surface area (Å²) in [5.41, 5.74) is 0. The van der Waals surface area contributed by atoms with Crippen molar-refractivity contribution in [2.75, 3.05) is 19.4 Å². The van der Waals surface area contributed by atoms with Crippen LogP contribution in [0.3, 0.4) is 0 Å². The van der Waals surface area contributed by atoms with Crippen molar-refractivity contribution in [1.82, 2.24) is 4.47 Å². The van der Waals surface area contributed by atoms with Gasteiger partial charge in [0.15, 0.2) is 0 Å². The SMILES string of the molecule is CCON(CC)S(C)=O. The van der Waals surface area contributed by atoms with Gasteiger partial charge in [-0.2, -0.15) is 0 Å². The average molecular weight is 151 g/mol. The minimum Gasteiger partial charge on any atom is -0.287 e. The Labute approximate surface area is 58.5 Å². The summed E-state index contributed by atoms with van der Waals surface area (Å²) in [5, 5.41) is 0. The predicted molar refractivity (Wildman–Crippen MR) is 38.1 cm³/mol. The molecule has 0 aromatic carbocycles. The Kier molecular flexibility index (Phi) is 4.94. The molecule has 1 atom stereocenters. The molecule has 0 saturated heterocycles. The van der Waals surface area contributed by atoms with E-state index in [1.165, 1.54) is 4.47 Å². The molecule has 0 aliphatic heterocycles. The predicted octanol–water partition coefficient (Wildman–Crippen LogP) is 0.553. The van der Waals surface area contributed by atoms with Crippen molar-refractivity contribution >= 4 is 11.0 Å². The van der Waals surface area contributed by atoms with Gasteiger partial charge in [0.2, 0.25) is 0 Å². The summed E-state index contributed by atoms with van der Waals surface area (Å²) in [4.78, 5) is 4.99. The summed E-state index contributed by atoms with van der Waals surface area (Å²) in [6, 6.07) is 0.